The first-order chi connectivity index (χ1) is 13.5. The minimum Gasteiger partial charge on any atom is -0.432 e. The lowest BCUT2D eigenvalue weighted by atomic mass is 10.0. The topological polar surface area (TPSA) is 120 Å². The van der Waals surface area contributed by atoms with E-state index in [4.69, 9.17) is 14.2 Å². The molecule has 1 atom stereocenters. The van der Waals surface area contributed by atoms with Crippen molar-refractivity contribution in [1.82, 2.24) is 9.80 Å². The van der Waals surface area contributed by atoms with Crippen LogP contribution in [0.5, 0.6) is 0 Å². The van der Waals surface area contributed by atoms with Crippen LogP contribution in [0.2, 0.25) is 0 Å². The molecule has 0 radical (unpaired) electrons. The van der Waals surface area contributed by atoms with E-state index >= 15 is 0 Å². The Hall–Kier alpha value is -3.27. The zero-order valence-electron chi connectivity index (χ0n) is 15.1. The molecule has 1 aromatic carbocycles. The average molecular weight is 390 g/mol. The molecule has 3 rings (SSSR count). The molecule has 4 amide bonds. The number of carbonyl (C=O) groups is 5. The quantitative estimate of drug-likeness (QED) is 0.393. The van der Waals surface area contributed by atoms with Crippen molar-refractivity contribution < 1.29 is 38.2 Å². The summed E-state index contributed by atoms with van der Waals surface area (Å²) in [6.45, 7) is -0.545. The maximum atomic E-state index is 12.7. The van der Waals surface area contributed by atoms with Gasteiger partial charge in [0, 0.05) is 13.5 Å². The highest BCUT2D eigenvalue weighted by atomic mass is 16.7. The van der Waals surface area contributed by atoms with Crippen molar-refractivity contribution in [3.63, 3.8) is 0 Å². The first-order valence-electron chi connectivity index (χ1n) is 8.55. The third-order valence-corrected chi connectivity index (χ3v) is 4.44. The molecule has 0 saturated carbocycles. The third-order valence-electron chi connectivity index (χ3n) is 4.44. The van der Waals surface area contributed by atoms with Crippen LogP contribution in [0.3, 0.4) is 0 Å². The molecule has 1 aromatic rings. The molecule has 10 nitrogen and oxygen atoms in total. The molecule has 1 fully saturated rings. The normalized spacial score (nSPS) is 19.1. The minimum atomic E-state index is -1.14. The number of nitrogens with zero attached hydrogens (tertiary/aromatic N) is 2. The van der Waals surface area contributed by atoms with Gasteiger partial charge >= 0.3 is 6.16 Å². The summed E-state index contributed by atoms with van der Waals surface area (Å²) < 4.78 is 14.2. The molecule has 0 aliphatic carbocycles. The minimum absolute atomic E-state index is 0.0118. The number of carbonyl (C=O) groups excluding carboxylic acids is 5. The van der Waals surface area contributed by atoms with Crippen molar-refractivity contribution in [1.29, 1.82) is 0 Å². The van der Waals surface area contributed by atoms with Crippen molar-refractivity contribution in [3.8, 4) is 0 Å². The predicted octanol–water partition coefficient (Wildman–Crippen LogP) is 0.557. The summed E-state index contributed by atoms with van der Waals surface area (Å²) in [6, 6.07) is 5.11. The van der Waals surface area contributed by atoms with Crippen LogP contribution in [0.1, 0.15) is 33.6 Å². The summed E-state index contributed by atoms with van der Waals surface area (Å²) in [4.78, 5) is 63.1. The maximum absolute atomic E-state index is 12.7. The largest absolute Gasteiger partial charge is 0.510 e. The van der Waals surface area contributed by atoms with E-state index in [1.165, 1.54) is 19.2 Å². The zero-order valence-corrected chi connectivity index (χ0v) is 15.1. The van der Waals surface area contributed by atoms with E-state index in [1.54, 1.807) is 12.1 Å². The lowest BCUT2D eigenvalue weighted by molar-refractivity contribution is -0.156. The van der Waals surface area contributed by atoms with Gasteiger partial charge in [0.15, 0.2) is 6.73 Å². The number of hydrogen-bond acceptors (Lipinski definition) is 8. The van der Waals surface area contributed by atoms with Gasteiger partial charge in [-0.05, 0) is 18.6 Å². The second kappa shape index (κ2) is 8.17. The molecule has 2 heterocycles. The van der Waals surface area contributed by atoms with E-state index < -0.39 is 42.6 Å². The van der Waals surface area contributed by atoms with Crippen LogP contribution in [0.15, 0.2) is 24.3 Å². The molecule has 1 saturated heterocycles. The highest BCUT2D eigenvalue weighted by Gasteiger charge is 2.47. The molecule has 10 heteroatoms. The summed E-state index contributed by atoms with van der Waals surface area (Å²) in [5.74, 6) is -2.53. The van der Waals surface area contributed by atoms with Gasteiger partial charge in [-0.25, -0.2) is 9.69 Å². The van der Waals surface area contributed by atoms with E-state index in [2.05, 4.69) is 0 Å². The van der Waals surface area contributed by atoms with Crippen LogP contribution in [-0.4, -0.2) is 72.7 Å². The number of fused-ring (bicyclic) bond motifs is 1. The summed E-state index contributed by atoms with van der Waals surface area (Å²) in [7, 11) is 1.43. The number of imide groups is 2. The van der Waals surface area contributed by atoms with E-state index in [0.717, 1.165) is 4.90 Å². The van der Waals surface area contributed by atoms with Gasteiger partial charge in [0.25, 0.3) is 17.7 Å². The Labute approximate surface area is 159 Å². The Morgan fingerprint density at radius 2 is 1.68 bits per heavy atom. The second-order valence-corrected chi connectivity index (χ2v) is 6.11. The molecular weight excluding hydrogens is 372 g/mol. The van der Waals surface area contributed by atoms with E-state index in [0.29, 0.717) is 4.90 Å². The molecule has 2 aliphatic rings. The monoisotopic (exact) mass is 390 g/mol. The van der Waals surface area contributed by atoms with Gasteiger partial charge in [-0.3, -0.25) is 24.1 Å². The molecule has 1 unspecified atom stereocenters. The smallest absolute Gasteiger partial charge is 0.432 e. The fraction of sp³-hybridized carbons (Fsp3) is 0.389. The summed E-state index contributed by atoms with van der Waals surface area (Å²) in [6.07, 6.45) is -1.13. The summed E-state index contributed by atoms with van der Waals surface area (Å²) in [5, 5.41) is 0. The molecule has 148 valence electrons. The van der Waals surface area contributed by atoms with Crippen LogP contribution >= 0.6 is 0 Å². The van der Waals surface area contributed by atoms with Gasteiger partial charge in [-0.2, -0.15) is 0 Å². The highest BCUT2D eigenvalue weighted by molar-refractivity contribution is 6.23. The van der Waals surface area contributed by atoms with Crippen molar-refractivity contribution in [2.45, 2.75) is 18.9 Å². The predicted molar refractivity (Wildman–Crippen MR) is 91.0 cm³/mol. The maximum Gasteiger partial charge on any atom is 0.510 e. The van der Waals surface area contributed by atoms with Crippen LogP contribution in [0.4, 0.5) is 4.79 Å². The lowest BCUT2D eigenvalue weighted by Gasteiger charge is -2.33. The van der Waals surface area contributed by atoms with Crippen molar-refractivity contribution in [3.05, 3.63) is 35.4 Å². The number of likely N-dealkylation sites (tertiary alicyclic amines) is 1. The number of ether oxygens (including phenoxy) is 3. The Bertz CT molecular complexity index is 802. The number of benzene rings is 1. The Morgan fingerprint density at radius 1 is 1.04 bits per heavy atom. The molecule has 0 bridgehead atoms. The van der Waals surface area contributed by atoms with Crippen LogP contribution in [0, 0.1) is 0 Å². The Kier molecular flexibility index (Phi) is 5.69. The molecule has 2 aliphatic heterocycles. The standard InChI is InChI=1S/C18H18N2O8/c1-26-8-9-27-18(25)28-10-19-14(21)7-6-13(17(19)24)20-15(22)11-4-2-3-5-12(11)16(20)23/h2-5,13H,6-10H2,1H3. The zero-order chi connectivity index (χ0) is 20.3. The molecular formula is C18H18N2O8. The van der Waals surface area contributed by atoms with Gasteiger partial charge < -0.3 is 14.2 Å². The fourth-order valence-corrected chi connectivity index (χ4v) is 3.05. The first kappa shape index (κ1) is 19.5. The Balaban J connectivity index is 1.69. The van der Waals surface area contributed by atoms with Crippen molar-refractivity contribution >= 4 is 29.8 Å². The van der Waals surface area contributed by atoms with Crippen molar-refractivity contribution in [2.75, 3.05) is 27.1 Å². The number of hydrogen-bond donors (Lipinski definition) is 0. The molecule has 0 aromatic heterocycles. The molecule has 28 heavy (non-hydrogen) atoms. The number of amides is 4. The van der Waals surface area contributed by atoms with Gasteiger partial charge in [-0.15, -0.1) is 0 Å². The second-order valence-electron chi connectivity index (χ2n) is 6.11. The van der Waals surface area contributed by atoms with E-state index in [-0.39, 0.29) is 37.2 Å². The molecule has 0 spiro atoms. The van der Waals surface area contributed by atoms with Crippen LogP contribution < -0.4 is 0 Å². The van der Waals surface area contributed by atoms with E-state index in [1.807, 2.05) is 0 Å². The number of rotatable bonds is 6. The average Bonchev–Trinajstić information content (AvgIpc) is 2.93. The van der Waals surface area contributed by atoms with Crippen LogP contribution in [-0.2, 0) is 23.8 Å². The molecule has 0 N–H and O–H groups in total. The number of methoxy groups -OCH3 is 1. The Morgan fingerprint density at radius 3 is 2.29 bits per heavy atom. The lowest BCUT2D eigenvalue weighted by Crippen LogP contribution is -2.56. The summed E-state index contributed by atoms with van der Waals surface area (Å²) in [5.41, 5.74) is 0.420. The van der Waals surface area contributed by atoms with Gasteiger partial charge in [0.2, 0.25) is 5.91 Å². The fourth-order valence-electron chi connectivity index (χ4n) is 3.05. The van der Waals surface area contributed by atoms with Gasteiger partial charge in [0.05, 0.1) is 17.7 Å². The number of piperidine rings is 1. The van der Waals surface area contributed by atoms with Gasteiger partial charge in [0.1, 0.15) is 12.6 Å². The highest BCUT2D eigenvalue weighted by Crippen LogP contribution is 2.28. The van der Waals surface area contributed by atoms with Gasteiger partial charge in [-0.1, -0.05) is 12.1 Å². The van der Waals surface area contributed by atoms with Crippen LogP contribution in [0.25, 0.3) is 0 Å². The third kappa shape index (κ3) is 3.58. The van der Waals surface area contributed by atoms with E-state index in [9.17, 15) is 24.0 Å². The summed E-state index contributed by atoms with van der Waals surface area (Å²) >= 11 is 0. The first-order valence-corrected chi connectivity index (χ1v) is 8.55. The SMILES string of the molecule is COCCOC(=O)OCN1C(=O)CCC(N2C(=O)c3ccccc3C2=O)C1=O. The van der Waals surface area contributed by atoms with Crippen molar-refractivity contribution in [2.24, 2.45) is 0 Å².